The van der Waals surface area contributed by atoms with Crippen LogP contribution in [0.2, 0.25) is 0 Å². The van der Waals surface area contributed by atoms with Crippen molar-refractivity contribution in [2.75, 3.05) is 11.4 Å². The Hall–Kier alpha value is -3.93. The van der Waals surface area contributed by atoms with Crippen LogP contribution in [0, 0.1) is 6.92 Å². The molecule has 0 fully saturated rings. The molecule has 37 heavy (non-hydrogen) atoms. The topological polar surface area (TPSA) is 67.2 Å². The summed E-state index contributed by atoms with van der Waals surface area (Å²) < 4.78 is 2.06. The maximum absolute atomic E-state index is 13.5. The zero-order chi connectivity index (χ0) is 26.2. The van der Waals surface area contributed by atoms with Crippen LogP contribution in [0.4, 0.5) is 5.69 Å². The number of rotatable bonds is 11. The first-order valence-electron chi connectivity index (χ1n) is 13.1. The molecule has 0 aliphatic heterocycles. The van der Waals surface area contributed by atoms with Gasteiger partial charge in [-0.15, -0.1) is 0 Å². The van der Waals surface area contributed by atoms with Gasteiger partial charge in [0.05, 0.1) is 11.0 Å². The van der Waals surface area contributed by atoms with Gasteiger partial charge in [-0.05, 0) is 70.0 Å². The molecule has 0 atom stereocenters. The van der Waals surface area contributed by atoms with E-state index in [-0.39, 0.29) is 24.4 Å². The van der Waals surface area contributed by atoms with Crippen molar-refractivity contribution < 1.29 is 9.59 Å². The molecule has 0 radical (unpaired) electrons. The fourth-order valence-electron chi connectivity index (χ4n) is 4.70. The molecule has 0 saturated heterocycles. The monoisotopic (exact) mass is 496 g/mol. The number of nitrogens with one attached hydrogen (secondary N) is 1. The summed E-state index contributed by atoms with van der Waals surface area (Å²) in [6.45, 7) is 6.95. The highest BCUT2D eigenvalue weighted by molar-refractivity contribution is 5.95. The molecule has 192 valence electrons. The van der Waals surface area contributed by atoms with E-state index in [0.717, 1.165) is 53.8 Å². The summed E-state index contributed by atoms with van der Waals surface area (Å²) in [5, 5.41) is 3.01. The molecule has 0 unspecified atom stereocenters. The van der Waals surface area contributed by atoms with Crippen molar-refractivity contribution in [3.63, 3.8) is 0 Å². The Morgan fingerprint density at radius 3 is 2.43 bits per heavy atom. The number of amides is 2. The summed E-state index contributed by atoms with van der Waals surface area (Å²) in [5.74, 6) is 0.941. The Balaban J connectivity index is 1.37. The van der Waals surface area contributed by atoms with Gasteiger partial charge in [-0.25, -0.2) is 4.98 Å². The summed E-state index contributed by atoms with van der Waals surface area (Å²) >= 11 is 0. The molecule has 1 heterocycles. The summed E-state index contributed by atoms with van der Waals surface area (Å²) in [4.78, 5) is 32.6. The lowest BCUT2D eigenvalue weighted by Crippen LogP contribution is -2.39. The molecule has 0 aliphatic rings. The number of imidazole rings is 1. The second-order valence-electron chi connectivity index (χ2n) is 9.73. The number of nitrogens with zero attached hydrogens (tertiary/aromatic N) is 3. The van der Waals surface area contributed by atoms with Gasteiger partial charge in [0.1, 0.15) is 12.4 Å². The van der Waals surface area contributed by atoms with Crippen molar-refractivity contribution in [1.82, 2.24) is 14.9 Å². The van der Waals surface area contributed by atoms with Crippen molar-refractivity contribution in [2.24, 2.45) is 0 Å². The van der Waals surface area contributed by atoms with E-state index < -0.39 is 0 Å². The van der Waals surface area contributed by atoms with Gasteiger partial charge < -0.3 is 14.8 Å². The van der Waals surface area contributed by atoms with Gasteiger partial charge in [0.25, 0.3) is 5.91 Å². The summed E-state index contributed by atoms with van der Waals surface area (Å²) in [6.07, 6.45) is 3.57. The molecule has 6 heteroatoms. The van der Waals surface area contributed by atoms with Gasteiger partial charge in [-0.1, -0.05) is 54.4 Å². The Kier molecular flexibility index (Phi) is 8.72. The Morgan fingerprint density at radius 1 is 0.919 bits per heavy atom. The van der Waals surface area contributed by atoms with Crippen LogP contribution in [0.5, 0.6) is 0 Å². The van der Waals surface area contributed by atoms with Crippen molar-refractivity contribution in [1.29, 1.82) is 0 Å². The predicted octanol–water partition coefficient (Wildman–Crippen LogP) is 5.93. The average Bonchev–Trinajstić information content (AvgIpc) is 3.23. The fraction of sp³-hybridized carbons (Fsp3) is 0.323. The van der Waals surface area contributed by atoms with Crippen molar-refractivity contribution in [3.8, 4) is 0 Å². The quantitative estimate of drug-likeness (QED) is 0.262. The first-order valence-corrected chi connectivity index (χ1v) is 13.1. The molecule has 2 amide bonds. The smallest absolute Gasteiger partial charge is 0.251 e. The molecule has 4 rings (SSSR count). The minimum absolute atomic E-state index is 0.0304. The van der Waals surface area contributed by atoms with Crippen LogP contribution in [-0.4, -0.2) is 34.0 Å². The van der Waals surface area contributed by atoms with Crippen molar-refractivity contribution in [2.45, 2.75) is 59.0 Å². The maximum Gasteiger partial charge on any atom is 0.251 e. The van der Waals surface area contributed by atoms with E-state index in [9.17, 15) is 9.59 Å². The number of unbranched alkanes of at least 4 members (excludes halogenated alkanes) is 2. The Bertz CT molecular complexity index is 1340. The first kappa shape index (κ1) is 26.1. The van der Waals surface area contributed by atoms with Crippen LogP contribution in [0.1, 0.15) is 54.9 Å². The number of anilines is 1. The van der Waals surface area contributed by atoms with Crippen LogP contribution in [0.25, 0.3) is 11.0 Å². The normalized spacial score (nSPS) is 11.1. The number of para-hydroxylation sites is 3. The van der Waals surface area contributed by atoms with Crippen molar-refractivity contribution in [3.05, 3.63) is 95.8 Å². The van der Waals surface area contributed by atoms with E-state index in [2.05, 4.69) is 9.88 Å². The van der Waals surface area contributed by atoms with E-state index in [0.29, 0.717) is 12.1 Å². The third-order valence-electron chi connectivity index (χ3n) is 6.49. The molecule has 0 bridgehead atoms. The van der Waals surface area contributed by atoms with Gasteiger partial charge in [-0.3, -0.25) is 9.59 Å². The minimum Gasteiger partial charge on any atom is -0.352 e. The highest BCUT2D eigenvalue weighted by atomic mass is 16.2. The number of hydrogen-bond donors (Lipinski definition) is 1. The standard InChI is InChI=1S/C31H36N4O2/c1-23(2)35(26-15-6-4-7-16-26)30(36)22-34-28-18-10-9-17-27(28)33-29(34)19-8-5-11-20-32-31(37)25-14-12-13-24(3)21-25/h4,6-7,9-10,12-18,21,23H,5,8,11,19-20,22H2,1-3H3,(H,32,37). The lowest BCUT2D eigenvalue weighted by atomic mass is 10.1. The zero-order valence-corrected chi connectivity index (χ0v) is 22.0. The number of carbonyl (C=O) groups is 2. The number of benzene rings is 3. The number of aromatic nitrogens is 2. The molecular formula is C31H36N4O2. The number of hydrogen-bond acceptors (Lipinski definition) is 3. The fourth-order valence-corrected chi connectivity index (χ4v) is 4.70. The van der Waals surface area contributed by atoms with E-state index >= 15 is 0 Å². The third kappa shape index (κ3) is 6.64. The molecule has 1 N–H and O–H groups in total. The molecule has 0 spiro atoms. The van der Waals surface area contributed by atoms with Crippen LogP contribution >= 0.6 is 0 Å². The SMILES string of the molecule is Cc1cccc(C(=O)NCCCCCc2nc3ccccc3n2CC(=O)N(c2ccccc2)C(C)C)c1. The molecule has 6 nitrogen and oxygen atoms in total. The number of aryl methyl sites for hydroxylation is 2. The van der Waals surface area contributed by atoms with Gasteiger partial charge in [0.15, 0.2) is 0 Å². The molecule has 0 saturated carbocycles. The lowest BCUT2D eigenvalue weighted by molar-refractivity contribution is -0.119. The van der Waals surface area contributed by atoms with E-state index in [4.69, 9.17) is 4.98 Å². The van der Waals surface area contributed by atoms with Gasteiger partial charge in [0.2, 0.25) is 5.91 Å². The number of carbonyl (C=O) groups excluding carboxylic acids is 2. The second-order valence-corrected chi connectivity index (χ2v) is 9.73. The molecule has 4 aromatic rings. The first-order chi connectivity index (χ1) is 17.9. The molecular weight excluding hydrogens is 460 g/mol. The van der Waals surface area contributed by atoms with Crippen LogP contribution < -0.4 is 10.2 Å². The van der Waals surface area contributed by atoms with Crippen LogP contribution in [-0.2, 0) is 17.8 Å². The van der Waals surface area contributed by atoms with Gasteiger partial charge in [-0.2, -0.15) is 0 Å². The summed E-state index contributed by atoms with van der Waals surface area (Å²) in [6, 6.07) is 25.5. The number of fused-ring (bicyclic) bond motifs is 1. The third-order valence-corrected chi connectivity index (χ3v) is 6.49. The van der Waals surface area contributed by atoms with E-state index in [1.807, 2.05) is 105 Å². The minimum atomic E-state index is -0.0304. The Labute approximate surface area is 219 Å². The summed E-state index contributed by atoms with van der Waals surface area (Å²) in [7, 11) is 0. The Morgan fingerprint density at radius 2 is 1.68 bits per heavy atom. The molecule has 1 aromatic heterocycles. The van der Waals surface area contributed by atoms with E-state index in [1.165, 1.54) is 0 Å². The average molecular weight is 497 g/mol. The highest BCUT2D eigenvalue weighted by Crippen LogP contribution is 2.21. The second kappa shape index (κ2) is 12.3. The summed E-state index contributed by atoms with van der Waals surface area (Å²) in [5.41, 5.74) is 4.57. The molecule has 0 aliphatic carbocycles. The maximum atomic E-state index is 13.5. The van der Waals surface area contributed by atoms with Crippen molar-refractivity contribution >= 4 is 28.5 Å². The molecule has 3 aromatic carbocycles. The van der Waals surface area contributed by atoms with E-state index in [1.54, 1.807) is 0 Å². The lowest BCUT2D eigenvalue weighted by Gasteiger charge is -2.27. The van der Waals surface area contributed by atoms with Gasteiger partial charge in [0, 0.05) is 30.3 Å². The predicted molar refractivity (Wildman–Crippen MR) is 150 cm³/mol. The van der Waals surface area contributed by atoms with Gasteiger partial charge >= 0.3 is 0 Å². The largest absolute Gasteiger partial charge is 0.352 e. The zero-order valence-electron chi connectivity index (χ0n) is 22.0. The van der Waals surface area contributed by atoms with Crippen LogP contribution in [0.15, 0.2) is 78.9 Å². The van der Waals surface area contributed by atoms with Crippen LogP contribution in [0.3, 0.4) is 0 Å². The highest BCUT2D eigenvalue weighted by Gasteiger charge is 2.21.